The molecule has 2 aromatic carbocycles. The molecular weight excluding hydrogens is 284 g/mol. The maximum Gasteiger partial charge on any atom is 0.222 e. The van der Waals surface area contributed by atoms with E-state index in [9.17, 15) is 4.79 Å². The van der Waals surface area contributed by atoms with Crippen LogP contribution < -0.4 is 5.32 Å². The van der Waals surface area contributed by atoms with Crippen LogP contribution in [0, 0.1) is 5.92 Å². The Labute approximate surface area is 137 Å². The van der Waals surface area contributed by atoms with Crippen LogP contribution in [0.2, 0.25) is 0 Å². The summed E-state index contributed by atoms with van der Waals surface area (Å²) in [4.78, 5) is 14.5. The molecule has 2 aliphatic rings. The summed E-state index contributed by atoms with van der Waals surface area (Å²) in [6, 6.07) is 19.5. The molecule has 0 spiro atoms. The van der Waals surface area contributed by atoms with Gasteiger partial charge in [-0.2, -0.15) is 0 Å². The number of benzene rings is 2. The summed E-state index contributed by atoms with van der Waals surface area (Å²) >= 11 is 0. The molecule has 0 aliphatic carbocycles. The first-order chi connectivity index (χ1) is 11.3. The molecule has 118 valence electrons. The standard InChI is InChI=1S/C20H22N2O/c1-2-18(23)22-13-12-16-19(14-8-4-3-5-9-14)21-17-11-7-6-10-15(17)20(16)22/h3-11,16,19-21H,2,12-13H2,1H3/t16-,19+,20+/m0/s1. The molecule has 1 N–H and O–H groups in total. The monoisotopic (exact) mass is 306 g/mol. The van der Waals surface area contributed by atoms with Crippen LogP contribution in [0.25, 0.3) is 0 Å². The number of fused-ring (bicyclic) bond motifs is 3. The zero-order valence-corrected chi connectivity index (χ0v) is 13.4. The molecule has 0 aromatic heterocycles. The summed E-state index contributed by atoms with van der Waals surface area (Å²) in [7, 11) is 0. The van der Waals surface area contributed by atoms with Crippen LogP contribution in [0.4, 0.5) is 5.69 Å². The quantitative estimate of drug-likeness (QED) is 0.904. The highest BCUT2D eigenvalue weighted by Gasteiger charge is 2.45. The van der Waals surface area contributed by atoms with E-state index in [1.807, 2.05) is 6.92 Å². The zero-order valence-electron chi connectivity index (χ0n) is 13.4. The predicted octanol–water partition coefficient (Wildman–Crippen LogP) is 4.15. The second kappa shape index (κ2) is 5.73. The van der Waals surface area contributed by atoms with E-state index in [0.29, 0.717) is 12.3 Å². The van der Waals surface area contributed by atoms with Crippen LogP contribution in [-0.2, 0) is 4.79 Å². The van der Waals surface area contributed by atoms with Gasteiger partial charge in [0.25, 0.3) is 0 Å². The third kappa shape index (κ3) is 2.31. The normalized spacial score (nSPS) is 25.4. The van der Waals surface area contributed by atoms with Gasteiger partial charge in [0, 0.05) is 24.6 Å². The summed E-state index contributed by atoms with van der Waals surface area (Å²) in [6.07, 6.45) is 1.63. The largest absolute Gasteiger partial charge is 0.378 e. The average Bonchev–Trinajstić information content (AvgIpc) is 3.06. The van der Waals surface area contributed by atoms with E-state index in [0.717, 1.165) is 13.0 Å². The van der Waals surface area contributed by atoms with Gasteiger partial charge < -0.3 is 10.2 Å². The van der Waals surface area contributed by atoms with E-state index in [-0.39, 0.29) is 18.0 Å². The molecular formula is C20H22N2O. The topological polar surface area (TPSA) is 32.3 Å². The molecule has 0 radical (unpaired) electrons. The molecule has 1 fully saturated rings. The molecule has 2 aromatic rings. The number of para-hydroxylation sites is 1. The van der Waals surface area contributed by atoms with Crippen molar-refractivity contribution in [1.82, 2.24) is 4.90 Å². The van der Waals surface area contributed by atoms with Crippen molar-refractivity contribution in [2.75, 3.05) is 11.9 Å². The minimum Gasteiger partial charge on any atom is -0.378 e. The third-order valence-electron chi connectivity index (χ3n) is 5.24. The van der Waals surface area contributed by atoms with Gasteiger partial charge in [0.05, 0.1) is 12.1 Å². The predicted molar refractivity (Wildman–Crippen MR) is 92.1 cm³/mol. The van der Waals surface area contributed by atoms with Gasteiger partial charge in [0.2, 0.25) is 5.91 Å². The molecule has 4 rings (SSSR count). The van der Waals surface area contributed by atoms with E-state index >= 15 is 0 Å². The number of carbonyl (C=O) groups is 1. The van der Waals surface area contributed by atoms with E-state index in [1.54, 1.807) is 0 Å². The third-order valence-corrected chi connectivity index (χ3v) is 5.24. The lowest BCUT2D eigenvalue weighted by Crippen LogP contribution is -2.37. The highest BCUT2D eigenvalue weighted by molar-refractivity contribution is 5.77. The molecule has 2 aliphatic heterocycles. The van der Waals surface area contributed by atoms with Gasteiger partial charge in [-0.25, -0.2) is 0 Å². The Kier molecular flexibility index (Phi) is 3.56. The van der Waals surface area contributed by atoms with Crippen molar-refractivity contribution in [3.63, 3.8) is 0 Å². The molecule has 23 heavy (non-hydrogen) atoms. The Morgan fingerprint density at radius 1 is 1.13 bits per heavy atom. The number of hydrogen-bond acceptors (Lipinski definition) is 2. The molecule has 0 unspecified atom stereocenters. The fraction of sp³-hybridized carbons (Fsp3) is 0.350. The van der Waals surface area contributed by atoms with Crippen LogP contribution >= 0.6 is 0 Å². The lowest BCUT2D eigenvalue weighted by atomic mass is 9.80. The SMILES string of the molecule is CCC(=O)N1CC[C@H]2[C@@H](c3ccccc3)Nc3ccccc3[C@H]21. The highest BCUT2D eigenvalue weighted by atomic mass is 16.2. The zero-order chi connectivity index (χ0) is 15.8. The Hall–Kier alpha value is -2.29. The van der Waals surface area contributed by atoms with Crippen LogP contribution in [0.15, 0.2) is 54.6 Å². The van der Waals surface area contributed by atoms with Crippen molar-refractivity contribution in [2.24, 2.45) is 5.92 Å². The Bertz CT molecular complexity index is 713. The second-order valence-corrected chi connectivity index (χ2v) is 6.46. The van der Waals surface area contributed by atoms with E-state index in [2.05, 4.69) is 64.8 Å². The molecule has 3 heteroatoms. The van der Waals surface area contributed by atoms with Gasteiger partial charge in [0.1, 0.15) is 0 Å². The van der Waals surface area contributed by atoms with Crippen LogP contribution in [0.3, 0.4) is 0 Å². The van der Waals surface area contributed by atoms with Gasteiger partial charge in [-0.3, -0.25) is 4.79 Å². The van der Waals surface area contributed by atoms with Gasteiger partial charge in [-0.15, -0.1) is 0 Å². The van der Waals surface area contributed by atoms with Crippen LogP contribution in [0.1, 0.15) is 43.0 Å². The first-order valence-electron chi connectivity index (χ1n) is 8.49. The summed E-state index contributed by atoms with van der Waals surface area (Å²) < 4.78 is 0. The summed E-state index contributed by atoms with van der Waals surface area (Å²) in [5, 5.41) is 3.72. The van der Waals surface area contributed by atoms with E-state index in [1.165, 1.54) is 16.8 Å². The molecule has 3 nitrogen and oxygen atoms in total. The highest BCUT2D eigenvalue weighted by Crippen LogP contribution is 2.51. The number of nitrogens with zero attached hydrogens (tertiary/aromatic N) is 1. The molecule has 1 saturated heterocycles. The molecule has 0 bridgehead atoms. The van der Waals surface area contributed by atoms with Gasteiger partial charge in [-0.1, -0.05) is 55.5 Å². The number of rotatable bonds is 2. The van der Waals surface area contributed by atoms with Crippen molar-refractivity contribution in [3.05, 3.63) is 65.7 Å². The fourth-order valence-corrected chi connectivity index (χ4v) is 4.20. The van der Waals surface area contributed by atoms with Crippen molar-refractivity contribution in [2.45, 2.75) is 31.8 Å². The molecule has 1 amide bonds. The first-order valence-corrected chi connectivity index (χ1v) is 8.49. The number of likely N-dealkylation sites (tertiary alicyclic amines) is 1. The minimum atomic E-state index is 0.199. The molecule has 0 saturated carbocycles. The smallest absolute Gasteiger partial charge is 0.222 e. The first kappa shape index (κ1) is 14.3. The molecule has 2 heterocycles. The van der Waals surface area contributed by atoms with Gasteiger partial charge >= 0.3 is 0 Å². The molecule has 3 atom stereocenters. The van der Waals surface area contributed by atoms with Gasteiger partial charge in [0.15, 0.2) is 0 Å². The minimum absolute atomic E-state index is 0.199. The number of nitrogens with one attached hydrogen (secondary N) is 1. The lowest BCUT2D eigenvalue weighted by molar-refractivity contribution is -0.132. The number of anilines is 1. The average molecular weight is 306 g/mol. The number of amides is 1. The van der Waals surface area contributed by atoms with Crippen molar-refractivity contribution in [1.29, 1.82) is 0 Å². The van der Waals surface area contributed by atoms with Gasteiger partial charge in [-0.05, 0) is 23.6 Å². The van der Waals surface area contributed by atoms with Crippen molar-refractivity contribution in [3.8, 4) is 0 Å². The maximum atomic E-state index is 12.4. The lowest BCUT2D eigenvalue weighted by Gasteiger charge is -2.40. The maximum absolute atomic E-state index is 12.4. The Balaban J connectivity index is 1.79. The van der Waals surface area contributed by atoms with E-state index in [4.69, 9.17) is 0 Å². The van der Waals surface area contributed by atoms with Crippen molar-refractivity contribution < 1.29 is 4.79 Å². The Morgan fingerprint density at radius 3 is 2.65 bits per heavy atom. The Morgan fingerprint density at radius 2 is 1.87 bits per heavy atom. The second-order valence-electron chi connectivity index (χ2n) is 6.46. The summed E-state index contributed by atoms with van der Waals surface area (Å²) in [5.74, 6) is 0.698. The fourth-order valence-electron chi connectivity index (χ4n) is 4.20. The number of hydrogen-bond donors (Lipinski definition) is 1. The number of carbonyl (C=O) groups excluding carboxylic acids is 1. The van der Waals surface area contributed by atoms with Crippen LogP contribution in [0.5, 0.6) is 0 Å². The van der Waals surface area contributed by atoms with Crippen molar-refractivity contribution >= 4 is 11.6 Å². The summed E-state index contributed by atoms with van der Waals surface area (Å²) in [6.45, 7) is 2.82. The summed E-state index contributed by atoms with van der Waals surface area (Å²) in [5.41, 5.74) is 3.74. The van der Waals surface area contributed by atoms with E-state index < -0.39 is 0 Å². The van der Waals surface area contributed by atoms with Crippen LogP contribution in [-0.4, -0.2) is 17.4 Å².